The van der Waals surface area contributed by atoms with Crippen molar-refractivity contribution in [2.24, 2.45) is 0 Å². The predicted molar refractivity (Wildman–Crippen MR) is 67.1 cm³/mol. The molecule has 100 valence electrons. The second-order valence-electron chi connectivity index (χ2n) is 3.87. The van der Waals surface area contributed by atoms with E-state index in [-0.39, 0.29) is 11.8 Å². The van der Waals surface area contributed by atoms with E-state index in [4.69, 9.17) is 0 Å². The summed E-state index contributed by atoms with van der Waals surface area (Å²) in [5.41, 5.74) is 1.20. The molecule has 1 aromatic heterocycles. The smallest absolute Gasteiger partial charge is 0.387 e. The van der Waals surface area contributed by atoms with Crippen molar-refractivity contribution < 1.29 is 13.5 Å². The number of halogens is 2. The van der Waals surface area contributed by atoms with Crippen LogP contribution in [0.1, 0.15) is 18.7 Å². The minimum Gasteiger partial charge on any atom is -0.433 e. The highest BCUT2D eigenvalue weighted by Crippen LogP contribution is 2.28. The molecule has 2 aromatic rings. The molecule has 0 fully saturated rings. The molecule has 1 unspecified atom stereocenters. The Hall–Kier alpha value is -2.24. The molecule has 0 amide bonds. The first-order valence-corrected chi connectivity index (χ1v) is 5.73. The average molecular weight is 265 g/mol. The highest BCUT2D eigenvalue weighted by Gasteiger charge is 2.12. The zero-order valence-corrected chi connectivity index (χ0v) is 10.3. The molecule has 0 aliphatic rings. The van der Waals surface area contributed by atoms with E-state index in [9.17, 15) is 8.78 Å². The van der Waals surface area contributed by atoms with E-state index in [0.29, 0.717) is 11.4 Å². The summed E-state index contributed by atoms with van der Waals surface area (Å²) < 4.78 is 29.0. The maximum Gasteiger partial charge on any atom is 0.387 e. The molecule has 0 bridgehead atoms. The topological polar surface area (TPSA) is 47.0 Å². The Labute approximate surface area is 109 Å². The maximum absolute atomic E-state index is 12.3. The summed E-state index contributed by atoms with van der Waals surface area (Å²) >= 11 is 0. The molecule has 0 aliphatic heterocycles. The van der Waals surface area contributed by atoms with Crippen LogP contribution in [0.3, 0.4) is 0 Å². The lowest BCUT2D eigenvalue weighted by Crippen LogP contribution is -2.11. The van der Waals surface area contributed by atoms with E-state index >= 15 is 0 Å². The van der Waals surface area contributed by atoms with Crippen molar-refractivity contribution >= 4 is 5.69 Å². The number of aromatic nitrogens is 2. The largest absolute Gasteiger partial charge is 0.433 e. The highest BCUT2D eigenvalue weighted by atomic mass is 19.3. The fourth-order valence-corrected chi connectivity index (χ4v) is 1.63. The van der Waals surface area contributed by atoms with Gasteiger partial charge in [0.05, 0.1) is 23.6 Å². The van der Waals surface area contributed by atoms with Gasteiger partial charge in [0.2, 0.25) is 0 Å². The van der Waals surface area contributed by atoms with Gasteiger partial charge in [-0.2, -0.15) is 8.78 Å². The van der Waals surface area contributed by atoms with E-state index in [0.717, 1.165) is 0 Å². The van der Waals surface area contributed by atoms with Crippen LogP contribution in [0.5, 0.6) is 5.75 Å². The van der Waals surface area contributed by atoms with Crippen molar-refractivity contribution in [3.63, 3.8) is 0 Å². The lowest BCUT2D eigenvalue weighted by atomic mass is 10.2. The number of anilines is 1. The zero-order chi connectivity index (χ0) is 13.7. The standard InChI is InChI=1S/C13H13F2N3O/c1-9(11-8-16-6-7-17-11)18-10-4-2-3-5-12(10)19-13(14)15/h2-9,13,18H,1H3. The second kappa shape index (κ2) is 6.08. The Balaban J connectivity index is 2.15. The molecule has 19 heavy (non-hydrogen) atoms. The number of hydrogen-bond acceptors (Lipinski definition) is 4. The number of rotatable bonds is 5. The van der Waals surface area contributed by atoms with E-state index in [1.165, 1.54) is 6.07 Å². The third-order valence-electron chi connectivity index (χ3n) is 2.50. The van der Waals surface area contributed by atoms with Crippen molar-refractivity contribution in [1.29, 1.82) is 0 Å². The molecule has 1 heterocycles. The minimum atomic E-state index is -2.85. The summed E-state index contributed by atoms with van der Waals surface area (Å²) in [4.78, 5) is 8.12. The van der Waals surface area contributed by atoms with Crippen molar-refractivity contribution in [2.75, 3.05) is 5.32 Å². The van der Waals surface area contributed by atoms with Crippen molar-refractivity contribution in [3.8, 4) is 5.75 Å². The van der Waals surface area contributed by atoms with Gasteiger partial charge < -0.3 is 10.1 Å². The second-order valence-corrected chi connectivity index (χ2v) is 3.87. The van der Waals surface area contributed by atoms with Gasteiger partial charge in [0.15, 0.2) is 0 Å². The van der Waals surface area contributed by atoms with Gasteiger partial charge in [-0.25, -0.2) is 0 Å². The normalized spacial score (nSPS) is 12.2. The molecular weight excluding hydrogens is 252 g/mol. The van der Waals surface area contributed by atoms with Gasteiger partial charge in [-0.1, -0.05) is 12.1 Å². The van der Waals surface area contributed by atoms with Crippen LogP contribution in [0.4, 0.5) is 14.5 Å². The summed E-state index contributed by atoms with van der Waals surface area (Å²) in [6.07, 6.45) is 4.77. The maximum atomic E-state index is 12.3. The van der Waals surface area contributed by atoms with Gasteiger partial charge in [0, 0.05) is 12.4 Å². The number of benzene rings is 1. The SMILES string of the molecule is CC(Nc1ccccc1OC(F)F)c1cnccn1. The minimum absolute atomic E-state index is 0.105. The summed E-state index contributed by atoms with van der Waals surface area (Å²) in [6, 6.07) is 6.36. The molecule has 4 nitrogen and oxygen atoms in total. The van der Waals surface area contributed by atoms with E-state index in [1.54, 1.807) is 36.8 Å². The molecule has 0 aliphatic carbocycles. The van der Waals surface area contributed by atoms with Crippen LogP contribution in [-0.4, -0.2) is 16.6 Å². The fraction of sp³-hybridized carbons (Fsp3) is 0.231. The van der Waals surface area contributed by atoms with Gasteiger partial charge >= 0.3 is 6.61 Å². The number of para-hydroxylation sites is 2. The molecule has 1 N–H and O–H groups in total. The molecule has 1 aromatic carbocycles. The highest BCUT2D eigenvalue weighted by molar-refractivity contribution is 5.57. The van der Waals surface area contributed by atoms with Crippen LogP contribution in [0.2, 0.25) is 0 Å². The third kappa shape index (κ3) is 3.61. The lowest BCUT2D eigenvalue weighted by molar-refractivity contribution is -0.0493. The number of alkyl halides is 2. The van der Waals surface area contributed by atoms with Gasteiger partial charge in [-0.05, 0) is 19.1 Å². The van der Waals surface area contributed by atoms with Crippen molar-refractivity contribution in [2.45, 2.75) is 19.6 Å². The quantitative estimate of drug-likeness (QED) is 0.901. The van der Waals surface area contributed by atoms with Crippen molar-refractivity contribution in [3.05, 3.63) is 48.5 Å². The Morgan fingerprint density at radius 1 is 1.21 bits per heavy atom. The number of nitrogens with zero attached hydrogens (tertiary/aromatic N) is 2. The fourth-order valence-electron chi connectivity index (χ4n) is 1.63. The first kappa shape index (κ1) is 13.2. The van der Waals surface area contributed by atoms with E-state index < -0.39 is 6.61 Å². The molecule has 0 radical (unpaired) electrons. The Bertz CT molecular complexity index is 522. The summed E-state index contributed by atoms with van der Waals surface area (Å²) in [6.45, 7) is -0.988. The van der Waals surface area contributed by atoms with Crippen LogP contribution in [0, 0.1) is 0 Å². The van der Waals surface area contributed by atoms with Crippen LogP contribution < -0.4 is 10.1 Å². The first-order valence-electron chi connectivity index (χ1n) is 5.73. The van der Waals surface area contributed by atoms with E-state index in [1.807, 2.05) is 6.92 Å². The van der Waals surface area contributed by atoms with Crippen LogP contribution in [-0.2, 0) is 0 Å². The molecule has 0 saturated heterocycles. The lowest BCUT2D eigenvalue weighted by Gasteiger charge is -2.17. The van der Waals surface area contributed by atoms with Gasteiger partial charge in [0.1, 0.15) is 5.75 Å². The predicted octanol–water partition coefficient (Wildman–Crippen LogP) is 3.25. The van der Waals surface area contributed by atoms with Crippen LogP contribution in [0.15, 0.2) is 42.9 Å². The van der Waals surface area contributed by atoms with Gasteiger partial charge in [0.25, 0.3) is 0 Å². The van der Waals surface area contributed by atoms with E-state index in [2.05, 4.69) is 20.0 Å². The summed E-state index contributed by atoms with van der Waals surface area (Å²) in [5, 5.41) is 3.07. The molecule has 0 spiro atoms. The Morgan fingerprint density at radius 3 is 2.68 bits per heavy atom. The number of ether oxygens (including phenoxy) is 1. The summed E-state index contributed by atoms with van der Waals surface area (Å²) in [5.74, 6) is 0.105. The van der Waals surface area contributed by atoms with Gasteiger partial charge in [-0.3, -0.25) is 9.97 Å². The first-order chi connectivity index (χ1) is 9.16. The van der Waals surface area contributed by atoms with Gasteiger partial charge in [-0.15, -0.1) is 0 Å². The molecule has 6 heteroatoms. The van der Waals surface area contributed by atoms with Crippen LogP contribution in [0.25, 0.3) is 0 Å². The molecular formula is C13H13F2N3O. The van der Waals surface area contributed by atoms with Crippen molar-refractivity contribution in [1.82, 2.24) is 9.97 Å². The number of hydrogen-bond donors (Lipinski definition) is 1. The average Bonchev–Trinajstić information content (AvgIpc) is 2.41. The zero-order valence-electron chi connectivity index (χ0n) is 10.3. The molecule has 0 saturated carbocycles. The molecule has 2 rings (SSSR count). The monoisotopic (exact) mass is 265 g/mol. The van der Waals surface area contributed by atoms with Crippen LogP contribution >= 0.6 is 0 Å². The number of nitrogens with one attached hydrogen (secondary N) is 1. The Morgan fingerprint density at radius 2 is 2.00 bits per heavy atom. The summed E-state index contributed by atoms with van der Waals surface area (Å²) in [7, 11) is 0. The Kier molecular flexibility index (Phi) is 4.22. The molecule has 1 atom stereocenters. The third-order valence-corrected chi connectivity index (χ3v) is 2.50.